The van der Waals surface area contributed by atoms with Gasteiger partial charge < -0.3 is 8.80 Å². The van der Waals surface area contributed by atoms with Crippen LogP contribution in [0, 0.1) is 0 Å². The van der Waals surface area contributed by atoms with Crippen LogP contribution in [0.2, 0.25) is 0 Å². The molecule has 7 rings (SSSR count). The highest BCUT2D eigenvalue weighted by Crippen LogP contribution is 2.47. The molecule has 0 aliphatic heterocycles. The maximum atomic E-state index is 2.50. The van der Waals surface area contributed by atoms with Gasteiger partial charge in [0.05, 0.1) is 11.4 Å². The Morgan fingerprint density at radius 2 is 0.714 bits per heavy atom. The molecule has 0 atom stereocenters. The highest BCUT2D eigenvalue weighted by molar-refractivity contribution is 5.98. The van der Waals surface area contributed by atoms with Crippen LogP contribution < -0.4 is 0 Å². The highest BCUT2D eigenvalue weighted by atomic mass is 15.0. The lowest BCUT2D eigenvalue weighted by molar-refractivity contribution is 0.552. The predicted molar refractivity (Wildman–Crippen MR) is 178 cm³/mol. The van der Waals surface area contributed by atoms with Crippen LogP contribution in [0.25, 0.3) is 44.7 Å². The first-order chi connectivity index (χ1) is 20.9. The van der Waals surface area contributed by atoms with Crippen molar-refractivity contribution in [1.29, 1.82) is 0 Å². The average Bonchev–Trinajstić information content (AvgIpc) is 3.54. The Hall–Kier alpha value is -4.04. The number of fused-ring (bicyclic) bond motifs is 11. The fraction of sp³-hybridized carbons (Fsp3) is 0.300. The summed E-state index contributed by atoms with van der Waals surface area (Å²) in [6, 6.07) is 35.8. The Kier molecular flexibility index (Phi) is 7.95. The first-order valence-corrected chi connectivity index (χ1v) is 16.3. The summed E-state index contributed by atoms with van der Waals surface area (Å²) >= 11 is 0. The van der Waals surface area contributed by atoms with Crippen molar-refractivity contribution in [3.05, 3.63) is 121 Å². The van der Waals surface area contributed by atoms with Gasteiger partial charge in [0.15, 0.2) is 0 Å². The molecule has 42 heavy (non-hydrogen) atoms. The Morgan fingerprint density at radius 1 is 0.357 bits per heavy atom. The monoisotopic (exact) mass is 550 g/mol. The molecule has 2 aromatic carbocycles. The fourth-order valence-corrected chi connectivity index (χ4v) is 7.37. The van der Waals surface area contributed by atoms with Crippen LogP contribution in [0.3, 0.4) is 0 Å². The molecule has 4 heterocycles. The summed E-state index contributed by atoms with van der Waals surface area (Å²) in [6.07, 6.45) is 20.1. The van der Waals surface area contributed by atoms with Gasteiger partial charge in [0.25, 0.3) is 0 Å². The third-order valence-corrected chi connectivity index (χ3v) is 9.35. The molecule has 6 aromatic rings. The number of hydrogen-bond acceptors (Lipinski definition) is 0. The van der Waals surface area contributed by atoms with Gasteiger partial charge in [-0.25, -0.2) is 0 Å². The largest absolute Gasteiger partial charge is 0.314 e. The number of aryl methyl sites for hydroxylation is 2. The Balaban J connectivity index is 1.56. The smallest absolute Gasteiger partial charge is 0.0786 e. The molecule has 2 heteroatoms. The molecule has 1 aliphatic carbocycles. The molecule has 0 N–H and O–H groups in total. The van der Waals surface area contributed by atoms with Crippen molar-refractivity contribution in [1.82, 2.24) is 8.80 Å². The zero-order valence-corrected chi connectivity index (χ0v) is 24.8. The van der Waals surface area contributed by atoms with Crippen LogP contribution >= 0.6 is 0 Å². The van der Waals surface area contributed by atoms with Crippen molar-refractivity contribution in [3.63, 3.8) is 0 Å². The van der Waals surface area contributed by atoms with E-state index < -0.39 is 0 Å². The second-order valence-corrected chi connectivity index (χ2v) is 12.1. The van der Waals surface area contributed by atoms with Crippen molar-refractivity contribution in [2.45, 2.75) is 77.0 Å². The van der Waals surface area contributed by atoms with Gasteiger partial charge in [0.1, 0.15) is 0 Å². The minimum Gasteiger partial charge on any atom is -0.314 e. The minimum absolute atomic E-state index is 1.11. The molecule has 0 amide bonds. The normalized spacial score (nSPS) is 15.4. The minimum atomic E-state index is 1.11. The molecular weight excluding hydrogens is 508 g/mol. The van der Waals surface area contributed by atoms with Crippen molar-refractivity contribution < 1.29 is 0 Å². The summed E-state index contributed by atoms with van der Waals surface area (Å²) in [5, 5.41) is 0. The van der Waals surface area contributed by atoms with E-state index in [2.05, 4.69) is 118 Å². The lowest BCUT2D eigenvalue weighted by Gasteiger charge is -2.13. The number of benzene rings is 2. The van der Waals surface area contributed by atoms with Gasteiger partial charge in [0, 0.05) is 34.6 Å². The Labute approximate surface area is 250 Å². The van der Waals surface area contributed by atoms with E-state index in [1.807, 2.05) is 0 Å². The Morgan fingerprint density at radius 3 is 1.12 bits per heavy atom. The van der Waals surface area contributed by atoms with Gasteiger partial charge >= 0.3 is 0 Å². The number of rotatable bonds is 2. The summed E-state index contributed by atoms with van der Waals surface area (Å²) < 4.78 is 4.99. The molecule has 212 valence electrons. The van der Waals surface area contributed by atoms with Gasteiger partial charge in [-0.1, -0.05) is 124 Å². The number of aromatic nitrogens is 2. The van der Waals surface area contributed by atoms with Crippen LogP contribution in [0.1, 0.15) is 75.3 Å². The topological polar surface area (TPSA) is 8.82 Å². The van der Waals surface area contributed by atoms with Gasteiger partial charge in [0.2, 0.25) is 0 Å². The van der Waals surface area contributed by atoms with Crippen molar-refractivity contribution in [2.24, 2.45) is 0 Å². The van der Waals surface area contributed by atoms with E-state index >= 15 is 0 Å². The standard InChI is InChI=1S/C40H42N2/c1-2-4-6-8-16-26-34-36-28-18-20-30-42(36)40(38(34)32-23-13-10-14-24-32)39-37(31-21-11-9-12-22-31)33(25-15-7-5-3-1)35-27-17-19-29-41(35)39/h9-14,17-24,27-30H,1-8,15-16,25-26H2. The summed E-state index contributed by atoms with van der Waals surface area (Å²) in [5.74, 6) is 0. The van der Waals surface area contributed by atoms with Crippen molar-refractivity contribution in [2.75, 3.05) is 0 Å². The van der Waals surface area contributed by atoms with E-state index in [0.29, 0.717) is 0 Å². The summed E-state index contributed by atoms with van der Waals surface area (Å²) in [5.41, 5.74) is 13.7. The molecule has 4 bridgehead atoms. The molecule has 4 aromatic heterocycles. The number of pyridine rings is 2. The fourth-order valence-electron chi connectivity index (χ4n) is 7.37. The zero-order valence-electron chi connectivity index (χ0n) is 24.8. The molecule has 1 aliphatic rings. The maximum absolute atomic E-state index is 2.50. The van der Waals surface area contributed by atoms with E-state index in [-0.39, 0.29) is 0 Å². The summed E-state index contributed by atoms with van der Waals surface area (Å²) in [4.78, 5) is 0. The van der Waals surface area contributed by atoms with E-state index in [1.54, 1.807) is 0 Å². The summed E-state index contributed by atoms with van der Waals surface area (Å²) in [7, 11) is 0. The lowest BCUT2D eigenvalue weighted by Crippen LogP contribution is -1.96. The van der Waals surface area contributed by atoms with Crippen LogP contribution in [0.15, 0.2) is 109 Å². The molecule has 0 unspecified atom stereocenters. The van der Waals surface area contributed by atoms with Crippen LogP contribution in [0.4, 0.5) is 0 Å². The summed E-state index contributed by atoms with van der Waals surface area (Å²) in [6.45, 7) is 0. The quantitative estimate of drug-likeness (QED) is 0.203. The van der Waals surface area contributed by atoms with Gasteiger partial charge in [-0.05, 0) is 72.2 Å². The molecule has 0 radical (unpaired) electrons. The number of nitrogens with zero attached hydrogens (tertiary/aromatic N) is 2. The molecule has 0 saturated heterocycles. The second kappa shape index (κ2) is 12.4. The van der Waals surface area contributed by atoms with Gasteiger partial charge in [-0.15, -0.1) is 0 Å². The van der Waals surface area contributed by atoms with Gasteiger partial charge in [-0.2, -0.15) is 0 Å². The second-order valence-electron chi connectivity index (χ2n) is 12.1. The predicted octanol–water partition coefficient (Wildman–Crippen LogP) is 11.2. The first kappa shape index (κ1) is 26.8. The van der Waals surface area contributed by atoms with Crippen LogP contribution in [0.5, 0.6) is 0 Å². The third-order valence-electron chi connectivity index (χ3n) is 9.35. The molecule has 0 fully saturated rings. The molecule has 0 saturated carbocycles. The highest BCUT2D eigenvalue weighted by Gasteiger charge is 2.28. The van der Waals surface area contributed by atoms with Crippen molar-refractivity contribution in [3.8, 4) is 33.6 Å². The van der Waals surface area contributed by atoms with Gasteiger partial charge in [-0.3, -0.25) is 0 Å². The van der Waals surface area contributed by atoms with E-state index in [9.17, 15) is 0 Å². The van der Waals surface area contributed by atoms with E-state index in [0.717, 1.165) is 12.8 Å². The lowest BCUT2D eigenvalue weighted by atomic mass is 9.91. The molecular formula is C40H42N2. The van der Waals surface area contributed by atoms with Crippen molar-refractivity contribution >= 4 is 11.0 Å². The number of hydrogen-bond donors (Lipinski definition) is 0. The first-order valence-electron chi connectivity index (χ1n) is 16.3. The molecule has 2 nitrogen and oxygen atoms in total. The Bertz CT molecular complexity index is 1640. The van der Waals surface area contributed by atoms with Crippen LogP contribution in [-0.2, 0) is 12.8 Å². The average molecular weight is 551 g/mol. The SMILES string of the molecule is c1ccc(-c2c3c4ccccn4c2-c2c(-c4ccccc4)c(c4ccccn24)CCCCCCCCCCCC3)cc1. The van der Waals surface area contributed by atoms with Crippen LogP contribution in [-0.4, -0.2) is 8.80 Å². The molecule has 0 spiro atoms. The maximum Gasteiger partial charge on any atom is 0.0786 e. The van der Waals surface area contributed by atoms with E-state index in [1.165, 1.54) is 120 Å². The van der Waals surface area contributed by atoms with E-state index in [4.69, 9.17) is 0 Å². The zero-order chi connectivity index (χ0) is 28.1. The third kappa shape index (κ3) is 5.09.